The van der Waals surface area contributed by atoms with Crippen LogP contribution in [-0.4, -0.2) is 0 Å². The van der Waals surface area contributed by atoms with Crippen LogP contribution in [0.5, 0.6) is 0 Å². The molecule has 0 heteroatoms. The van der Waals surface area contributed by atoms with Crippen molar-refractivity contribution in [3.63, 3.8) is 0 Å². The molecule has 70 valence electrons. The maximum absolute atomic E-state index is 2.33. The van der Waals surface area contributed by atoms with Crippen molar-refractivity contribution in [3.05, 3.63) is 0 Å². The van der Waals surface area contributed by atoms with Gasteiger partial charge < -0.3 is 0 Å². The van der Waals surface area contributed by atoms with Crippen LogP contribution in [0.4, 0.5) is 0 Å². The van der Waals surface area contributed by atoms with Crippen molar-refractivity contribution in [1.82, 2.24) is 0 Å². The van der Waals surface area contributed by atoms with Gasteiger partial charge in [0.05, 0.1) is 0 Å². The van der Waals surface area contributed by atoms with E-state index < -0.39 is 0 Å². The molecule has 0 aliphatic heterocycles. The second-order valence-corrected chi connectivity index (χ2v) is 4.49. The Bertz CT molecular complexity index is 82.7. The van der Waals surface area contributed by atoms with Gasteiger partial charge in [0, 0.05) is 0 Å². The van der Waals surface area contributed by atoms with E-state index in [1.807, 2.05) is 13.8 Å². The molecule has 0 aromatic carbocycles. The minimum absolute atomic E-state index is 0.446. The molecule has 0 saturated carbocycles. The van der Waals surface area contributed by atoms with Crippen LogP contribution in [0, 0.1) is 10.8 Å². The largest absolute Gasteiger partial charge is 0.0683 e. The van der Waals surface area contributed by atoms with Gasteiger partial charge >= 0.3 is 0 Å². The molecule has 0 rings (SSSR count). The van der Waals surface area contributed by atoms with Crippen LogP contribution in [0.1, 0.15) is 61.8 Å². The summed E-state index contributed by atoms with van der Waals surface area (Å²) in [5.41, 5.74) is 0.925. The molecule has 0 bridgehead atoms. The summed E-state index contributed by atoms with van der Waals surface area (Å²) in [6.45, 7) is 17.8. The molecule has 0 radical (unpaired) electrons. The lowest BCUT2D eigenvalue weighted by Crippen LogP contribution is -2.28. The summed E-state index contributed by atoms with van der Waals surface area (Å²) >= 11 is 0. The third-order valence-electron chi connectivity index (χ3n) is 2.91. The maximum atomic E-state index is 2.33. The molecule has 0 unspecified atom stereocenters. The molecule has 0 N–H and O–H groups in total. The summed E-state index contributed by atoms with van der Waals surface area (Å²) in [4.78, 5) is 0. The second kappa shape index (κ2) is 4.79. The molecule has 11 heavy (non-hydrogen) atoms. The average molecular weight is 158 g/mol. The summed E-state index contributed by atoms with van der Waals surface area (Å²) in [7, 11) is 0. The molecule has 0 nitrogen and oxygen atoms in total. The minimum atomic E-state index is 0.446. The fraction of sp³-hybridized carbons (Fsp3) is 1.00. The predicted octanol–water partition coefficient (Wildman–Crippen LogP) is 4.49. The molecule has 0 fully saturated rings. The van der Waals surface area contributed by atoms with Crippen molar-refractivity contribution in [1.29, 1.82) is 0 Å². The van der Waals surface area contributed by atoms with E-state index in [0.29, 0.717) is 10.8 Å². The van der Waals surface area contributed by atoms with Crippen molar-refractivity contribution in [3.8, 4) is 0 Å². The summed E-state index contributed by atoms with van der Waals surface area (Å²) in [6.07, 6.45) is 1.26. The second-order valence-electron chi connectivity index (χ2n) is 4.49. The fourth-order valence-electron chi connectivity index (χ4n) is 0.530. The molecule has 0 aromatic heterocycles. The Kier molecular flexibility index (Phi) is 5.92. The third kappa shape index (κ3) is 4.44. The zero-order chi connectivity index (χ0) is 9.71. The molecule has 0 saturated heterocycles. The van der Waals surface area contributed by atoms with Crippen molar-refractivity contribution in [2.45, 2.75) is 61.8 Å². The zero-order valence-electron chi connectivity index (χ0n) is 9.71. The molecule has 0 amide bonds. The highest BCUT2D eigenvalue weighted by Gasteiger charge is 2.30. The van der Waals surface area contributed by atoms with Crippen LogP contribution in [0.25, 0.3) is 0 Å². The lowest BCUT2D eigenvalue weighted by Gasteiger charge is -2.37. The van der Waals surface area contributed by atoms with Gasteiger partial charge in [-0.3, -0.25) is 0 Å². The summed E-state index contributed by atoms with van der Waals surface area (Å²) in [5.74, 6) is 0. The Morgan fingerprint density at radius 1 is 0.818 bits per heavy atom. The van der Waals surface area contributed by atoms with Crippen molar-refractivity contribution in [2.24, 2.45) is 10.8 Å². The Morgan fingerprint density at radius 3 is 1.09 bits per heavy atom. The van der Waals surface area contributed by atoms with E-state index in [1.165, 1.54) is 6.42 Å². The zero-order valence-corrected chi connectivity index (χ0v) is 9.71. The van der Waals surface area contributed by atoms with Gasteiger partial charge in [-0.15, -0.1) is 0 Å². The van der Waals surface area contributed by atoms with Gasteiger partial charge in [-0.05, 0) is 10.8 Å². The smallest absolute Gasteiger partial charge is 0.0308 e. The van der Waals surface area contributed by atoms with E-state index in [-0.39, 0.29) is 0 Å². The molecule has 0 aliphatic rings. The van der Waals surface area contributed by atoms with E-state index >= 15 is 0 Å². The molecule has 0 aromatic rings. The van der Waals surface area contributed by atoms with Crippen LogP contribution in [0.15, 0.2) is 0 Å². The quantitative estimate of drug-likeness (QED) is 0.527. The van der Waals surface area contributed by atoms with Gasteiger partial charge in [-0.2, -0.15) is 0 Å². The monoisotopic (exact) mass is 158 g/mol. The normalized spacial score (nSPS) is 12.0. The van der Waals surface area contributed by atoms with Gasteiger partial charge in [0.15, 0.2) is 0 Å². The van der Waals surface area contributed by atoms with E-state index in [2.05, 4.69) is 41.5 Å². The third-order valence-corrected chi connectivity index (χ3v) is 2.91. The number of hydrogen-bond donors (Lipinski definition) is 0. The van der Waals surface area contributed by atoms with Crippen LogP contribution >= 0.6 is 0 Å². The van der Waals surface area contributed by atoms with Gasteiger partial charge in [0.1, 0.15) is 0 Å². The number of rotatable bonds is 1. The Hall–Kier alpha value is 0. The van der Waals surface area contributed by atoms with E-state index in [0.717, 1.165) is 0 Å². The van der Waals surface area contributed by atoms with E-state index in [4.69, 9.17) is 0 Å². The van der Waals surface area contributed by atoms with E-state index in [9.17, 15) is 0 Å². The van der Waals surface area contributed by atoms with Crippen molar-refractivity contribution < 1.29 is 0 Å². The summed E-state index contributed by atoms with van der Waals surface area (Å²) in [6, 6.07) is 0. The standard InChI is InChI=1S/C9H20.C2H6/c1-7-9(5,6)8(2,3)4;1-2/h7H2,1-6H3;1-2H3. The summed E-state index contributed by atoms with van der Waals surface area (Å²) < 4.78 is 0. The highest BCUT2D eigenvalue weighted by Crippen LogP contribution is 2.40. The molecule has 0 spiro atoms. The van der Waals surface area contributed by atoms with Crippen LogP contribution in [0.2, 0.25) is 0 Å². The van der Waals surface area contributed by atoms with Gasteiger partial charge in [0.25, 0.3) is 0 Å². The van der Waals surface area contributed by atoms with Crippen LogP contribution in [0.3, 0.4) is 0 Å². The first-order valence-corrected chi connectivity index (χ1v) is 4.81. The number of hydrogen-bond acceptors (Lipinski definition) is 0. The van der Waals surface area contributed by atoms with E-state index in [1.54, 1.807) is 0 Å². The maximum Gasteiger partial charge on any atom is -0.0308 e. The Labute approximate surface area is 73.4 Å². The molecule has 0 heterocycles. The first-order valence-electron chi connectivity index (χ1n) is 4.81. The fourth-order valence-corrected chi connectivity index (χ4v) is 0.530. The van der Waals surface area contributed by atoms with Gasteiger partial charge in [0.2, 0.25) is 0 Å². The molecule has 0 atom stereocenters. The first-order chi connectivity index (χ1) is 4.81. The SMILES string of the molecule is CC.CCC(C)(C)C(C)(C)C. The van der Waals surface area contributed by atoms with Gasteiger partial charge in [-0.25, -0.2) is 0 Å². The first kappa shape index (κ1) is 13.6. The van der Waals surface area contributed by atoms with Crippen molar-refractivity contribution in [2.75, 3.05) is 0 Å². The topological polar surface area (TPSA) is 0 Å². The Morgan fingerprint density at radius 2 is 1.09 bits per heavy atom. The lowest BCUT2D eigenvalue weighted by atomic mass is 9.68. The summed E-state index contributed by atoms with van der Waals surface area (Å²) in [5, 5.41) is 0. The minimum Gasteiger partial charge on any atom is -0.0683 e. The highest BCUT2D eigenvalue weighted by atomic mass is 14.3. The molecule has 0 aliphatic carbocycles. The molecular formula is C11H26. The predicted molar refractivity (Wildman–Crippen MR) is 54.9 cm³/mol. The lowest BCUT2D eigenvalue weighted by molar-refractivity contribution is 0.126. The van der Waals surface area contributed by atoms with Gasteiger partial charge in [-0.1, -0.05) is 61.8 Å². The van der Waals surface area contributed by atoms with Crippen molar-refractivity contribution >= 4 is 0 Å². The average Bonchev–Trinajstić information content (AvgIpc) is 1.90. The Balaban J connectivity index is 0. The van der Waals surface area contributed by atoms with Crippen LogP contribution in [-0.2, 0) is 0 Å². The molecular weight excluding hydrogens is 132 g/mol. The highest BCUT2D eigenvalue weighted by molar-refractivity contribution is 4.80. The van der Waals surface area contributed by atoms with Crippen LogP contribution < -0.4 is 0 Å².